The third-order valence-corrected chi connectivity index (χ3v) is 7.24. The molecular weight excluding hydrogens is 487 g/mol. The van der Waals surface area contributed by atoms with Crippen molar-refractivity contribution in [2.24, 2.45) is 0 Å². The summed E-state index contributed by atoms with van der Waals surface area (Å²) in [6.45, 7) is 6.64. The highest BCUT2D eigenvalue weighted by molar-refractivity contribution is 6.42. The highest BCUT2D eigenvalue weighted by Crippen LogP contribution is 2.23. The van der Waals surface area contributed by atoms with Crippen LogP contribution in [-0.4, -0.2) is 92.1 Å². The Morgan fingerprint density at radius 1 is 0.971 bits per heavy atom. The standard InChI is InChI=1S/C26H32Cl2N4O3/c1-30-8-10-32(11-9-30)26(34)21-5-2-19(3-6-21)15-25(33)29-16-22-18-31(12-13-35-22)17-20-4-7-23(27)24(28)14-20/h2-7,14,22H,8-13,15-18H2,1H3,(H,29,33). The fraction of sp³-hybridized carbons (Fsp3) is 0.462. The lowest BCUT2D eigenvalue weighted by Gasteiger charge is -2.33. The minimum atomic E-state index is -0.0703. The number of nitrogens with one attached hydrogen (secondary N) is 1. The summed E-state index contributed by atoms with van der Waals surface area (Å²) in [6, 6.07) is 13.0. The fourth-order valence-corrected chi connectivity index (χ4v) is 4.70. The second-order valence-corrected chi connectivity index (χ2v) is 10.1. The smallest absolute Gasteiger partial charge is 0.253 e. The summed E-state index contributed by atoms with van der Waals surface area (Å²) in [5, 5.41) is 4.09. The van der Waals surface area contributed by atoms with Gasteiger partial charge in [-0.15, -0.1) is 0 Å². The molecule has 4 rings (SSSR count). The Bertz CT molecular complexity index is 1030. The average Bonchev–Trinajstić information content (AvgIpc) is 2.86. The van der Waals surface area contributed by atoms with E-state index in [0.717, 1.165) is 56.9 Å². The van der Waals surface area contributed by atoms with Crippen LogP contribution < -0.4 is 5.32 Å². The van der Waals surface area contributed by atoms with Crippen LogP contribution in [0.25, 0.3) is 0 Å². The zero-order valence-corrected chi connectivity index (χ0v) is 21.5. The van der Waals surface area contributed by atoms with E-state index >= 15 is 0 Å². The van der Waals surface area contributed by atoms with Gasteiger partial charge in [0.1, 0.15) is 0 Å². The molecule has 2 saturated heterocycles. The second-order valence-electron chi connectivity index (χ2n) is 9.25. The number of likely N-dealkylation sites (N-methyl/N-ethyl adjacent to an activating group) is 1. The van der Waals surface area contributed by atoms with Crippen molar-refractivity contribution >= 4 is 35.0 Å². The van der Waals surface area contributed by atoms with Crippen molar-refractivity contribution in [1.82, 2.24) is 20.0 Å². The molecule has 2 amide bonds. The first-order valence-electron chi connectivity index (χ1n) is 12.0. The van der Waals surface area contributed by atoms with Gasteiger partial charge in [-0.2, -0.15) is 0 Å². The summed E-state index contributed by atoms with van der Waals surface area (Å²) < 4.78 is 5.85. The Morgan fingerprint density at radius 2 is 1.69 bits per heavy atom. The summed E-state index contributed by atoms with van der Waals surface area (Å²) in [4.78, 5) is 31.6. The molecule has 1 unspecified atom stereocenters. The molecule has 2 fully saturated rings. The predicted molar refractivity (Wildman–Crippen MR) is 138 cm³/mol. The van der Waals surface area contributed by atoms with Gasteiger partial charge in [0.25, 0.3) is 5.91 Å². The van der Waals surface area contributed by atoms with E-state index in [4.69, 9.17) is 27.9 Å². The van der Waals surface area contributed by atoms with Crippen LogP contribution in [0, 0.1) is 0 Å². The van der Waals surface area contributed by atoms with Crippen molar-refractivity contribution in [2.75, 3.05) is 59.5 Å². The van der Waals surface area contributed by atoms with Crippen LogP contribution in [-0.2, 0) is 22.5 Å². The molecule has 0 radical (unpaired) electrons. The maximum Gasteiger partial charge on any atom is 0.253 e. The SMILES string of the molecule is CN1CCN(C(=O)c2ccc(CC(=O)NCC3CN(Cc4ccc(Cl)c(Cl)c4)CCO3)cc2)CC1. The van der Waals surface area contributed by atoms with Crippen LogP contribution in [0.1, 0.15) is 21.5 Å². The molecule has 0 bridgehead atoms. The lowest BCUT2D eigenvalue weighted by atomic mass is 10.1. The first-order valence-corrected chi connectivity index (χ1v) is 12.7. The van der Waals surface area contributed by atoms with Gasteiger partial charge in [-0.25, -0.2) is 0 Å². The Balaban J connectivity index is 1.21. The number of hydrogen-bond donors (Lipinski definition) is 1. The normalized spacial score (nSPS) is 19.5. The van der Waals surface area contributed by atoms with E-state index in [1.165, 1.54) is 0 Å². The molecule has 2 aromatic rings. The molecule has 188 valence electrons. The fourth-order valence-electron chi connectivity index (χ4n) is 4.38. The van der Waals surface area contributed by atoms with Crippen LogP contribution in [0.4, 0.5) is 0 Å². The van der Waals surface area contributed by atoms with E-state index in [0.29, 0.717) is 28.8 Å². The van der Waals surface area contributed by atoms with Crippen molar-refractivity contribution in [3.05, 3.63) is 69.2 Å². The van der Waals surface area contributed by atoms with E-state index in [1.807, 2.05) is 47.4 Å². The first-order chi connectivity index (χ1) is 16.9. The van der Waals surface area contributed by atoms with E-state index < -0.39 is 0 Å². The molecule has 2 heterocycles. The van der Waals surface area contributed by atoms with Gasteiger partial charge in [-0.3, -0.25) is 14.5 Å². The molecule has 0 aromatic heterocycles. The number of amides is 2. The van der Waals surface area contributed by atoms with E-state index in [-0.39, 0.29) is 24.3 Å². The number of morpholine rings is 1. The van der Waals surface area contributed by atoms with Crippen LogP contribution >= 0.6 is 23.2 Å². The lowest BCUT2D eigenvalue weighted by molar-refractivity contribution is -0.121. The first kappa shape index (κ1) is 25.9. The summed E-state index contributed by atoms with van der Waals surface area (Å²) >= 11 is 12.1. The summed E-state index contributed by atoms with van der Waals surface area (Å²) in [5.74, 6) is -0.0117. The number of carbonyl (C=O) groups excluding carboxylic acids is 2. The minimum Gasteiger partial charge on any atom is -0.374 e. The topological polar surface area (TPSA) is 65.1 Å². The minimum absolute atomic E-state index is 0.0500. The molecule has 0 aliphatic carbocycles. The molecule has 2 aliphatic rings. The van der Waals surface area contributed by atoms with Crippen LogP contribution in [0.3, 0.4) is 0 Å². The number of piperazine rings is 1. The Morgan fingerprint density at radius 3 is 2.40 bits per heavy atom. The van der Waals surface area contributed by atoms with Crippen molar-refractivity contribution in [3.8, 4) is 0 Å². The third kappa shape index (κ3) is 7.41. The van der Waals surface area contributed by atoms with Gasteiger partial charge in [0.2, 0.25) is 5.91 Å². The van der Waals surface area contributed by atoms with Gasteiger partial charge < -0.3 is 19.9 Å². The van der Waals surface area contributed by atoms with Crippen molar-refractivity contribution < 1.29 is 14.3 Å². The molecule has 0 saturated carbocycles. The number of benzene rings is 2. The predicted octanol–water partition coefficient (Wildman–Crippen LogP) is 2.94. The zero-order valence-electron chi connectivity index (χ0n) is 20.0. The Hall–Kier alpha value is -2.16. The highest BCUT2D eigenvalue weighted by Gasteiger charge is 2.22. The molecule has 9 heteroatoms. The maximum atomic E-state index is 12.7. The van der Waals surface area contributed by atoms with Gasteiger partial charge in [0, 0.05) is 57.9 Å². The van der Waals surface area contributed by atoms with Gasteiger partial charge in [-0.05, 0) is 42.4 Å². The molecule has 1 atom stereocenters. The number of carbonyl (C=O) groups is 2. The van der Waals surface area contributed by atoms with Gasteiger partial charge >= 0.3 is 0 Å². The number of hydrogen-bond acceptors (Lipinski definition) is 5. The number of halogens is 2. The molecule has 2 aliphatic heterocycles. The Labute approximate surface area is 216 Å². The van der Waals surface area contributed by atoms with Crippen molar-refractivity contribution in [1.29, 1.82) is 0 Å². The zero-order chi connectivity index (χ0) is 24.8. The van der Waals surface area contributed by atoms with Gasteiger partial charge in [0.05, 0.1) is 29.2 Å². The molecule has 2 aromatic carbocycles. The second kappa shape index (κ2) is 12.2. The van der Waals surface area contributed by atoms with Crippen molar-refractivity contribution in [3.63, 3.8) is 0 Å². The summed E-state index contributed by atoms with van der Waals surface area (Å²) in [7, 11) is 2.07. The number of rotatable bonds is 7. The van der Waals surface area contributed by atoms with Crippen LogP contribution in [0.15, 0.2) is 42.5 Å². The maximum absolute atomic E-state index is 12.7. The van der Waals surface area contributed by atoms with E-state index in [9.17, 15) is 9.59 Å². The molecule has 35 heavy (non-hydrogen) atoms. The lowest BCUT2D eigenvalue weighted by Crippen LogP contribution is -2.47. The van der Waals surface area contributed by atoms with Crippen molar-refractivity contribution in [2.45, 2.75) is 19.1 Å². The molecule has 0 spiro atoms. The summed E-state index contributed by atoms with van der Waals surface area (Å²) in [5.41, 5.74) is 2.64. The van der Waals surface area contributed by atoms with Crippen LogP contribution in [0.5, 0.6) is 0 Å². The largest absolute Gasteiger partial charge is 0.374 e. The van der Waals surface area contributed by atoms with Gasteiger partial charge in [0.15, 0.2) is 0 Å². The number of ether oxygens (including phenoxy) is 1. The monoisotopic (exact) mass is 518 g/mol. The quantitative estimate of drug-likeness (QED) is 0.610. The average molecular weight is 519 g/mol. The highest BCUT2D eigenvalue weighted by atomic mass is 35.5. The molecule has 1 N–H and O–H groups in total. The number of nitrogens with zero attached hydrogens (tertiary/aromatic N) is 3. The summed E-state index contributed by atoms with van der Waals surface area (Å²) in [6.07, 6.45) is 0.196. The molecular formula is C26H32Cl2N4O3. The van der Waals surface area contributed by atoms with E-state index in [2.05, 4.69) is 22.2 Å². The molecule has 7 nitrogen and oxygen atoms in total. The Kier molecular flexibility index (Phi) is 9.03. The third-order valence-electron chi connectivity index (χ3n) is 6.50. The van der Waals surface area contributed by atoms with Crippen LogP contribution in [0.2, 0.25) is 10.0 Å². The van der Waals surface area contributed by atoms with E-state index in [1.54, 1.807) is 0 Å². The van der Waals surface area contributed by atoms with Gasteiger partial charge in [-0.1, -0.05) is 41.4 Å².